The molecule has 0 radical (unpaired) electrons. The Balaban J connectivity index is 0.00000280. The molecule has 2 aromatic rings. The predicted octanol–water partition coefficient (Wildman–Crippen LogP) is 2.58. The third-order valence-corrected chi connectivity index (χ3v) is 4.84. The number of aromatic nitrogens is 2. The fraction of sp³-hybridized carbons (Fsp3) is 0.421. The van der Waals surface area contributed by atoms with Gasteiger partial charge in [0, 0.05) is 43.3 Å². The van der Waals surface area contributed by atoms with Gasteiger partial charge in [0.05, 0.1) is 23.4 Å². The summed E-state index contributed by atoms with van der Waals surface area (Å²) in [5.74, 6) is -0.611. The second-order valence-electron chi connectivity index (χ2n) is 7.13. The van der Waals surface area contributed by atoms with Crippen LogP contribution in [0.25, 0.3) is 0 Å². The number of hydrogen-bond acceptors (Lipinski definition) is 4. The van der Waals surface area contributed by atoms with Crippen LogP contribution in [-0.4, -0.2) is 40.7 Å². The number of amides is 2. The van der Waals surface area contributed by atoms with Crippen molar-refractivity contribution in [1.82, 2.24) is 20.4 Å². The lowest BCUT2D eigenvalue weighted by Gasteiger charge is -2.19. The van der Waals surface area contributed by atoms with Gasteiger partial charge in [-0.05, 0) is 37.6 Å². The molecule has 0 unspecified atom stereocenters. The maximum absolute atomic E-state index is 13.0. The topological polar surface area (TPSA) is 88.1 Å². The van der Waals surface area contributed by atoms with E-state index in [1.54, 1.807) is 29.1 Å². The molecule has 3 rings (SSSR count). The van der Waals surface area contributed by atoms with Crippen molar-refractivity contribution >= 4 is 41.5 Å². The van der Waals surface area contributed by atoms with Crippen LogP contribution in [-0.2, 0) is 11.8 Å². The number of carbonyl (C=O) groups excluding carboxylic acids is 2. The van der Waals surface area contributed by atoms with E-state index < -0.39 is 0 Å². The van der Waals surface area contributed by atoms with E-state index in [2.05, 4.69) is 21.0 Å². The van der Waals surface area contributed by atoms with Crippen molar-refractivity contribution in [3.8, 4) is 0 Å². The molecule has 9 heteroatoms. The van der Waals surface area contributed by atoms with Crippen LogP contribution in [0.2, 0.25) is 5.02 Å². The average molecular weight is 426 g/mol. The molecule has 1 fully saturated rings. The number of rotatable bonds is 5. The molecule has 7 nitrogen and oxygen atoms in total. The maximum Gasteiger partial charge on any atom is 0.253 e. The van der Waals surface area contributed by atoms with Crippen LogP contribution in [0.5, 0.6) is 0 Å². The maximum atomic E-state index is 13.0. The number of hydrogen-bond donors (Lipinski definition) is 3. The summed E-state index contributed by atoms with van der Waals surface area (Å²) < 4.78 is 1.73. The lowest BCUT2D eigenvalue weighted by atomic mass is 9.90. The summed E-state index contributed by atoms with van der Waals surface area (Å²) >= 11 is 6.09. The van der Waals surface area contributed by atoms with Gasteiger partial charge in [-0.3, -0.25) is 14.3 Å². The van der Waals surface area contributed by atoms with Crippen molar-refractivity contribution < 1.29 is 9.59 Å². The number of nitrogens with one attached hydrogen (secondary N) is 3. The van der Waals surface area contributed by atoms with Crippen molar-refractivity contribution in [2.24, 2.45) is 13.0 Å². The summed E-state index contributed by atoms with van der Waals surface area (Å²) in [6, 6.07) is 4.87. The van der Waals surface area contributed by atoms with E-state index in [1.165, 1.54) is 0 Å². The quantitative estimate of drug-likeness (QED) is 0.686. The minimum absolute atomic E-state index is 0. The van der Waals surface area contributed by atoms with Gasteiger partial charge in [0.2, 0.25) is 5.91 Å². The Kier molecular flexibility index (Phi) is 7.46. The van der Waals surface area contributed by atoms with Crippen LogP contribution in [0.1, 0.15) is 35.7 Å². The number of benzene rings is 1. The Hall–Kier alpha value is -2.09. The highest BCUT2D eigenvalue weighted by Crippen LogP contribution is 2.30. The molecule has 1 saturated heterocycles. The average Bonchev–Trinajstić information content (AvgIpc) is 3.22. The summed E-state index contributed by atoms with van der Waals surface area (Å²) in [4.78, 5) is 25.4. The molecule has 1 aromatic carbocycles. The fourth-order valence-electron chi connectivity index (χ4n) is 3.32. The van der Waals surface area contributed by atoms with Gasteiger partial charge in [-0.15, -0.1) is 12.4 Å². The molecule has 0 spiro atoms. The van der Waals surface area contributed by atoms with E-state index in [0.29, 0.717) is 29.4 Å². The van der Waals surface area contributed by atoms with Gasteiger partial charge in [0.15, 0.2) is 0 Å². The molecule has 1 aliphatic heterocycles. The summed E-state index contributed by atoms with van der Waals surface area (Å²) in [5, 5.41) is 13.7. The smallest absolute Gasteiger partial charge is 0.253 e. The zero-order valence-corrected chi connectivity index (χ0v) is 17.6. The molecule has 0 aliphatic carbocycles. The molecular formula is C19H25Cl2N5O2. The zero-order chi connectivity index (χ0) is 19.6. The fourth-order valence-corrected chi connectivity index (χ4v) is 3.49. The Labute approximate surface area is 175 Å². The molecule has 1 aromatic heterocycles. The summed E-state index contributed by atoms with van der Waals surface area (Å²) in [7, 11) is 1.85. The van der Waals surface area contributed by atoms with Crippen molar-refractivity contribution in [3.63, 3.8) is 0 Å². The first-order valence-corrected chi connectivity index (χ1v) is 9.33. The number of carbonyl (C=O) groups is 2. The summed E-state index contributed by atoms with van der Waals surface area (Å²) in [6.07, 6.45) is 3.72. The van der Waals surface area contributed by atoms with E-state index >= 15 is 0 Å². The number of aryl methyl sites for hydroxylation is 1. The predicted molar refractivity (Wildman–Crippen MR) is 112 cm³/mol. The van der Waals surface area contributed by atoms with E-state index in [1.807, 2.05) is 27.1 Å². The van der Waals surface area contributed by atoms with Gasteiger partial charge < -0.3 is 16.0 Å². The van der Waals surface area contributed by atoms with Gasteiger partial charge in [-0.2, -0.15) is 5.10 Å². The van der Waals surface area contributed by atoms with E-state index in [4.69, 9.17) is 11.6 Å². The normalized spacial score (nSPS) is 18.6. The summed E-state index contributed by atoms with van der Waals surface area (Å²) in [6.45, 7) is 5.04. The van der Waals surface area contributed by atoms with Crippen LogP contribution >= 0.6 is 24.0 Å². The first-order chi connectivity index (χ1) is 12.8. The highest BCUT2D eigenvalue weighted by molar-refractivity contribution is 6.31. The minimum Gasteiger partial charge on any atom is -0.350 e. The van der Waals surface area contributed by atoms with Crippen molar-refractivity contribution in [2.45, 2.75) is 25.8 Å². The third kappa shape index (κ3) is 5.04. The van der Waals surface area contributed by atoms with Crippen molar-refractivity contribution in [3.05, 3.63) is 46.7 Å². The van der Waals surface area contributed by atoms with Gasteiger partial charge in [-0.1, -0.05) is 11.6 Å². The van der Waals surface area contributed by atoms with E-state index in [9.17, 15) is 9.59 Å². The highest BCUT2D eigenvalue weighted by atomic mass is 35.5. The van der Waals surface area contributed by atoms with Gasteiger partial charge >= 0.3 is 0 Å². The standard InChI is InChI=1S/C19H24ClN5O2.ClH/c1-11(2)23-18(26)14-5-4-13(20)6-17(14)24-19(27)16-9-21-8-15(16)12-7-22-25(3)10-12;/h4-7,10-11,15-16,21H,8-9H2,1-3H3,(H,23,26)(H,24,27);1H/t15-,16+;/m1./s1. The second-order valence-corrected chi connectivity index (χ2v) is 7.56. The molecule has 2 heterocycles. The monoisotopic (exact) mass is 425 g/mol. The molecule has 0 saturated carbocycles. The molecule has 1 aliphatic rings. The van der Waals surface area contributed by atoms with Gasteiger partial charge in [-0.25, -0.2) is 0 Å². The van der Waals surface area contributed by atoms with Crippen LogP contribution in [0.15, 0.2) is 30.6 Å². The SMILES string of the molecule is CC(C)NC(=O)c1ccc(Cl)cc1NC(=O)[C@H]1CNC[C@@H]1c1cnn(C)c1.Cl. The molecule has 0 bridgehead atoms. The van der Waals surface area contributed by atoms with E-state index in [0.717, 1.165) is 5.56 Å². The Morgan fingerprint density at radius 2 is 2.07 bits per heavy atom. The molecular weight excluding hydrogens is 401 g/mol. The van der Waals surface area contributed by atoms with Crippen LogP contribution in [0.3, 0.4) is 0 Å². The zero-order valence-electron chi connectivity index (χ0n) is 16.0. The van der Waals surface area contributed by atoms with Crippen LogP contribution in [0.4, 0.5) is 5.69 Å². The van der Waals surface area contributed by atoms with Gasteiger partial charge in [0.1, 0.15) is 0 Å². The molecule has 3 N–H and O–H groups in total. The molecule has 2 atom stereocenters. The highest BCUT2D eigenvalue weighted by Gasteiger charge is 2.35. The van der Waals surface area contributed by atoms with E-state index in [-0.39, 0.29) is 42.1 Å². The number of anilines is 1. The van der Waals surface area contributed by atoms with Crippen molar-refractivity contribution in [1.29, 1.82) is 0 Å². The lowest BCUT2D eigenvalue weighted by Crippen LogP contribution is -2.32. The second kappa shape index (κ2) is 9.41. The van der Waals surface area contributed by atoms with Crippen molar-refractivity contribution in [2.75, 3.05) is 18.4 Å². The number of halogens is 2. The number of nitrogens with zero attached hydrogens (tertiary/aromatic N) is 2. The largest absolute Gasteiger partial charge is 0.350 e. The molecule has 152 valence electrons. The Morgan fingerprint density at radius 3 is 2.71 bits per heavy atom. The first kappa shape index (κ1) is 22.2. The van der Waals surface area contributed by atoms with Crippen LogP contribution < -0.4 is 16.0 Å². The summed E-state index contributed by atoms with van der Waals surface area (Å²) in [5.41, 5.74) is 1.83. The molecule has 2 amide bonds. The Morgan fingerprint density at radius 1 is 1.32 bits per heavy atom. The minimum atomic E-state index is -0.255. The van der Waals surface area contributed by atoms with Gasteiger partial charge in [0.25, 0.3) is 5.91 Å². The lowest BCUT2D eigenvalue weighted by molar-refractivity contribution is -0.119. The first-order valence-electron chi connectivity index (χ1n) is 8.95. The third-order valence-electron chi connectivity index (χ3n) is 4.61. The van der Waals surface area contributed by atoms with Crippen LogP contribution in [0, 0.1) is 5.92 Å². The Bertz CT molecular complexity index is 853. The molecule has 28 heavy (non-hydrogen) atoms.